The minimum atomic E-state index is -3.21. The summed E-state index contributed by atoms with van der Waals surface area (Å²) < 4.78 is 25.4. The Labute approximate surface area is 175 Å². The van der Waals surface area contributed by atoms with Crippen molar-refractivity contribution in [2.24, 2.45) is 0 Å². The summed E-state index contributed by atoms with van der Waals surface area (Å²) in [6.45, 7) is 0.870. The van der Waals surface area contributed by atoms with Crippen molar-refractivity contribution in [2.45, 2.75) is 17.9 Å². The number of sulfonamides is 1. The van der Waals surface area contributed by atoms with Crippen LogP contribution in [0.15, 0.2) is 29.6 Å². The highest BCUT2D eigenvalue weighted by Crippen LogP contribution is 2.40. The Morgan fingerprint density at radius 2 is 2.17 bits per heavy atom. The lowest BCUT2D eigenvalue weighted by atomic mass is 10.1. The molecule has 8 nitrogen and oxygen atoms in total. The maximum atomic E-state index is 12.0. The van der Waals surface area contributed by atoms with E-state index in [1.165, 1.54) is 10.6 Å². The van der Waals surface area contributed by atoms with Crippen molar-refractivity contribution < 1.29 is 8.42 Å². The standard InChI is InChI=1S/C18H18N6O2S3/c1-27-14-6-12-10(7-21-23-12)5-13(14)22-17-16-11-3-4-24(29(2,25)26)8-15(11)28-18(16)20-9-19-17/h5-7,9H,3-4,8H2,1-2H3,(H,21,23)(H,19,20,22). The van der Waals surface area contributed by atoms with Crippen LogP contribution in [0.25, 0.3) is 21.1 Å². The molecule has 11 heteroatoms. The number of nitrogens with zero attached hydrogens (tertiary/aromatic N) is 4. The molecule has 4 heterocycles. The summed E-state index contributed by atoms with van der Waals surface area (Å²) in [7, 11) is -3.21. The summed E-state index contributed by atoms with van der Waals surface area (Å²) in [6.07, 6.45) is 7.29. The monoisotopic (exact) mass is 446 g/mol. The highest BCUT2D eigenvalue weighted by molar-refractivity contribution is 7.98. The quantitative estimate of drug-likeness (QED) is 0.463. The fourth-order valence-corrected chi connectivity index (χ4v) is 6.28. The molecule has 0 atom stereocenters. The third kappa shape index (κ3) is 3.27. The van der Waals surface area contributed by atoms with E-state index >= 15 is 0 Å². The van der Waals surface area contributed by atoms with Crippen molar-refractivity contribution in [2.75, 3.05) is 24.4 Å². The number of aromatic amines is 1. The van der Waals surface area contributed by atoms with E-state index in [2.05, 4.69) is 37.6 Å². The van der Waals surface area contributed by atoms with Crippen molar-refractivity contribution in [1.82, 2.24) is 24.5 Å². The summed E-state index contributed by atoms with van der Waals surface area (Å²) in [5, 5.41) is 12.6. The first-order chi connectivity index (χ1) is 13.9. The molecule has 0 aliphatic carbocycles. The number of benzene rings is 1. The number of rotatable bonds is 4. The number of aromatic nitrogens is 4. The zero-order valence-electron chi connectivity index (χ0n) is 15.8. The van der Waals surface area contributed by atoms with E-state index in [1.807, 2.05) is 6.26 Å². The molecule has 0 radical (unpaired) electrons. The molecule has 29 heavy (non-hydrogen) atoms. The molecule has 2 N–H and O–H groups in total. The van der Waals surface area contributed by atoms with Crippen LogP contribution in [0.3, 0.4) is 0 Å². The van der Waals surface area contributed by atoms with Gasteiger partial charge in [0, 0.05) is 28.2 Å². The summed E-state index contributed by atoms with van der Waals surface area (Å²) in [5.74, 6) is 0.749. The van der Waals surface area contributed by atoms with Crippen LogP contribution < -0.4 is 5.32 Å². The Bertz CT molecular complexity index is 1340. The number of nitrogens with one attached hydrogen (secondary N) is 2. The van der Waals surface area contributed by atoms with Gasteiger partial charge in [0.05, 0.1) is 29.0 Å². The zero-order chi connectivity index (χ0) is 20.2. The van der Waals surface area contributed by atoms with Gasteiger partial charge in [-0.1, -0.05) is 0 Å². The first-order valence-electron chi connectivity index (χ1n) is 8.92. The number of hydrogen-bond acceptors (Lipinski definition) is 8. The lowest BCUT2D eigenvalue weighted by Crippen LogP contribution is -2.34. The van der Waals surface area contributed by atoms with Crippen LogP contribution in [-0.2, 0) is 23.0 Å². The number of H-pyrrole nitrogens is 1. The van der Waals surface area contributed by atoms with Gasteiger partial charge in [-0.15, -0.1) is 23.1 Å². The fourth-order valence-electron chi connectivity index (χ4n) is 3.65. The molecule has 0 unspecified atom stereocenters. The second-order valence-electron chi connectivity index (χ2n) is 6.89. The Balaban J connectivity index is 1.59. The third-order valence-corrected chi connectivity index (χ3v) is 8.24. The summed E-state index contributed by atoms with van der Waals surface area (Å²) >= 11 is 3.19. The van der Waals surface area contributed by atoms with Gasteiger partial charge in [-0.25, -0.2) is 18.4 Å². The highest BCUT2D eigenvalue weighted by Gasteiger charge is 2.28. The van der Waals surface area contributed by atoms with Crippen molar-refractivity contribution in [3.63, 3.8) is 0 Å². The molecule has 150 valence electrons. The molecule has 0 bridgehead atoms. The van der Waals surface area contributed by atoms with Crippen LogP contribution in [0, 0.1) is 0 Å². The SMILES string of the molecule is CSc1cc2[nH]ncc2cc1Nc1ncnc2sc3c(c12)CCN(S(C)(=O)=O)C3. The minimum absolute atomic E-state index is 0.395. The Hall–Kier alpha value is -2.21. The molecule has 0 fully saturated rings. The van der Waals surface area contributed by atoms with E-state index in [9.17, 15) is 8.42 Å². The van der Waals surface area contributed by atoms with E-state index in [4.69, 9.17) is 0 Å². The second kappa shape index (κ2) is 6.94. The minimum Gasteiger partial charge on any atom is -0.339 e. The van der Waals surface area contributed by atoms with Gasteiger partial charge in [0.2, 0.25) is 10.0 Å². The molecular formula is C18H18N6O2S3. The van der Waals surface area contributed by atoms with Crippen LogP contribution in [0.4, 0.5) is 11.5 Å². The third-order valence-electron chi connectivity index (χ3n) is 5.08. The predicted molar refractivity (Wildman–Crippen MR) is 118 cm³/mol. The smallest absolute Gasteiger partial charge is 0.211 e. The van der Waals surface area contributed by atoms with Gasteiger partial charge in [-0.2, -0.15) is 9.40 Å². The second-order valence-corrected chi connectivity index (χ2v) is 10.8. The largest absolute Gasteiger partial charge is 0.339 e. The molecule has 0 spiro atoms. The number of fused-ring (bicyclic) bond motifs is 4. The van der Waals surface area contributed by atoms with Crippen molar-refractivity contribution in [3.8, 4) is 0 Å². The number of hydrogen-bond donors (Lipinski definition) is 2. The average molecular weight is 447 g/mol. The lowest BCUT2D eigenvalue weighted by Gasteiger charge is -2.24. The van der Waals surface area contributed by atoms with Gasteiger partial charge in [-0.3, -0.25) is 5.10 Å². The van der Waals surface area contributed by atoms with Gasteiger partial charge in [-0.05, 0) is 30.4 Å². The number of thiophene rings is 1. The molecule has 4 aromatic rings. The van der Waals surface area contributed by atoms with Gasteiger partial charge >= 0.3 is 0 Å². The van der Waals surface area contributed by atoms with Gasteiger partial charge in [0.15, 0.2) is 0 Å². The summed E-state index contributed by atoms with van der Waals surface area (Å²) in [6, 6.07) is 4.13. The summed E-state index contributed by atoms with van der Waals surface area (Å²) in [4.78, 5) is 11.9. The average Bonchev–Trinajstić information content (AvgIpc) is 3.30. The topological polar surface area (TPSA) is 104 Å². The van der Waals surface area contributed by atoms with Crippen LogP contribution >= 0.6 is 23.1 Å². The van der Waals surface area contributed by atoms with Gasteiger partial charge in [0.25, 0.3) is 0 Å². The molecule has 3 aromatic heterocycles. The van der Waals surface area contributed by atoms with E-state index in [-0.39, 0.29) is 0 Å². The predicted octanol–water partition coefficient (Wildman–Crippen LogP) is 3.35. The Morgan fingerprint density at radius 3 is 2.97 bits per heavy atom. The zero-order valence-corrected chi connectivity index (χ0v) is 18.2. The van der Waals surface area contributed by atoms with Gasteiger partial charge in [0.1, 0.15) is 17.0 Å². The maximum absolute atomic E-state index is 12.0. The van der Waals surface area contributed by atoms with Crippen LogP contribution in [-0.4, -0.2) is 51.9 Å². The fraction of sp³-hybridized carbons (Fsp3) is 0.278. The lowest BCUT2D eigenvalue weighted by molar-refractivity contribution is 0.400. The number of thioether (sulfide) groups is 1. The van der Waals surface area contributed by atoms with Crippen molar-refractivity contribution >= 4 is 65.7 Å². The first kappa shape index (κ1) is 18.8. The molecule has 1 aliphatic heterocycles. The Kier molecular flexibility index (Phi) is 4.50. The van der Waals surface area contributed by atoms with E-state index in [0.717, 1.165) is 48.0 Å². The van der Waals surface area contributed by atoms with E-state index < -0.39 is 10.0 Å². The molecule has 1 aromatic carbocycles. The van der Waals surface area contributed by atoms with Crippen molar-refractivity contribution in [1.29, 1.82) is 0 Å². The molecular weight excluding hydrogens is 428 g/mol. The molecule has 1 aliphatic rings. The van der Waals surface area contributed by atoms with Crippen LogP contribution in [0.2, 0.25) is 0 Å². The highest BCUT2D eigenvalue weighted by atomic mass is 32.2. The van der Waals surface area contributed by atoms with Crippen LogP contribution in [0.1, 0.15) is 10.4 Å². The molecule has 0 saturated heterocycles. The molecule has 0 saturated carbocycles. The molecule has 0 amide bonds. The van der Waals surface area contributed by atoms with Crippen LogP contribution in [0.5, 0.6) is 0 Å². The van der Waals surface area contributed by atoms with E-state index in [1.54, 1.807) is 35.6 Å². The Morgan fingerprint density at radius 1 is 1.31 bits per heavy atom. The normalized spacial score (nSPS) is 15.1. The molecule has 5 rings (SSSR count). The number of anilines is 2. The maximum Gasteiger partial charge on any atom is 0.211 e. The van der Waals surface area contributed by atoms with E-state index in [0.29, 0.717) is 19.5 Å². The van der Waals surface area contributed by atoms with Gasteiger partial charge < -0.3 is 5.32 Å². The first-order valence-corrected chi connectivity index (χ1v) is 12.8. The summed E-state index contributed by atoms with van der Waals surface area (Å²) in [5.41, 5.74) is 3.09. The van der Waals surface area contributed by atoms with Crippen molar-refractivity contribution in [3.05, 3.63) is 35.1 Å².